The zero-order valence-electron chi connectivity index (χ0n) is 12.0. The summed E-state index contributed by atoms with van der Waals surface area (Å²) in [6, 6.07) is 0. The van der Waals surface area contributed by atoms with Crippen molar-refractivity contribution in [2.45, 2.75) is 25.7 Å². The van der Waals surface area contributed by atoms with Crippen LogP contribution in [-0.2, 0) is 9.53 Å². The maximum atomic E-state index is 12.0. The van der Waals surface area contributed by atoms with Crippen molar-refractivity contribution in [1.82, 2.24) is 9.80 Å². The fourth-order valence-electron chi connectivity index (χ4n) is 1.67. The Balaban J connectivity index is 3.98. The summed E-state index contributed by atoms with van der Waals surface area (Å²) in [6.07, 6.45) is 3.68. The van der Waals surface area contributed by atoms with Crippen molar-refractivity contribution >= 4 is 21.8 Å². The van der Waals surface area contributed by atoms with E-state index in [0.717, 1.165) is 37.7 Å². The van der Waals surface area contributed by atoms with Gasteiger partial charge in [-0.1, -0.05) is 15.9 Å². The summed E-state index contributed by atoms with van der Waals surface area (Å²) in [4.78, 5) is 16.1. The number of hydrogen-bond acceptors (Lipinski definition) is 3. The third-order valence-corrected chi connectivity index (χ3v) is 3.29. The molecule has 0 unspecified atom stereocenters. The molecule has 0 radical (unpaired) electrons. The number of alkyl halides is 1. The molecule has 1 amide bonds. The summed E-state index contributed by atoms with van der Waals surface area (Å²) in [5.41, 5.74) is 0. The molecule has 0 aliphatic carbocycles. The van der Waals surface area contributed by atoms with Crippen molar-refractivity contribution in [1.29, 1.82) is 0 Å². The lowest BCUT2D eigenvalue weighted by molar-refractivity contribution is -0.132. The standard InChI is InChI=1S/C13H27BrN2O2/c1-15(2)9-6-10-16(11-12-18-3)13(17)7-4-5-8-14/h4-12H2,1-3H3. The fourth-order valence-corrected chi connectivity index (χ4v) is 2.07. The van der Waals surface area contributed by atoms with E-state index in [1.165, 1.54) is 0 Å². The summed E-state index contributed by atoms with van der Waals surface area (Å²) in [5.74, 6) is 0.256. The highest BCUT2D eigenvalue weighted by atomic mass is 79.9. The van der Waals surface area contributed by atoms with Crippen LogP contribution in [0.1, 0.15) is 25.7 Å². The smallest absolute Gasteiger partial charge is 0.222 e. The molecule has 0 bridgehead atoms. The van der Waals surface area contributed by atoms with Crippen LogP contribution in [0.2, 0.25) is 0 Å². The van der Waals surface area contributed by atoms with Crippen molar-refractivity contribution < 1.29 is 9.53 Å². The molecule has 0 aliphatic rings. The second-order valence-corrected chi connectivity index (χ2v) is 5.47. The van der Waals surface area contributed by atoms with Crippen LogP contribution in [0.15, 0.2) is 0 Å². The third kappa shape index (κ3) is 9.85. The number of carbonyl (C=O) groups excluding carboxylic acids is 1. The van der Waals surface area contributed by atoms with E-state index >= 15 is 0 Å². The Kier molecular flexibility index (Phi) is 11.8. The number of amides is 1. The lowest BCUT2D eigenvalue weighted by atomic mass is 10.2. The van der Waals surface area contributed by atoms with E-state index in [4.69, 9.17) is 4.74 Å². The van der Waals surface area contributed by atoms with Gasteiger partial charge < -0.3 is 14.5 Å². The van der Waals surface area contributed by atoms with Gasteiger partial charge in [0.05, 0.1) is 6.61 Å². The van der Waals surface area contributed by atoms with Gasteiger partial charge in [-0.25, -0.2) is 0 Å². The van der Waals surface area contributed by atoms with Gasteiger partial charge in [0.15, 0.2) is 0 Å². The summed E-state index contributed by atoms with van der Waals surface area (Å²) in [5, 5.41) is 0.971. The Morgan fingerprint density at radius 3 is 2.39 bits per heavy atom. The van der Waals surface area contributed by atoms with Crippen molar-refractivity contribution in [2.24, 2.45) is 0 Å². The van der Waals surface area contributed by atoms with Crippen LogP contribution in [0.4, 0.5) is 0 Å². The monoisotopic (exact) mass is 322 g/mol. The largest absolute Gasteiger partial charge is 0.383 e. The number of nitrogens with zero attached hydrogens (tertiary/aromatic N) is 2. The molecule has 0 aromatic heterocycles. The molecular formula is C13H27BrN2O2. The number of rotatable bonds is 11. The minimum Gasteiger partial charge on any atom is -0.383 e. The molecule has 0 aromatic carbocycles. The number of hydrogen-bond donors (Lipinski definition) is 0. The Bertz CT molecular complexity index is 213. The Morgan fingerprint density at radius 1 is 1.11 bits per heavy atom. The number of ether oxygens (including phenoxy) is 1. The molecular weight excluding hydrogens is 296 g/mol. The van der Waals surface area contributed by atoms with Gasteiger partial charge in [0.1, 0.15) is 0 Å². The summed E-state index contributed by atoms with van der Waals surface area (Å²) in [6.45, 7) is 3.16. The highest BCUT2D eigenvalue weighted by molar-refractivity contribution is 9.09. The predicted molar refractivity (Wildman–Crippen MR) is 79.3 cm³/mol. The van der Waals surface area contributed by atoms with Gasteiger partial charge in [0.25, 0.3) is 0 Å². The van der Waals surface area contributed by atoms with Crippen LogP contribution >= 0.6 is 15.9 Å². The van der Waals surface area contributed by atoms with Gasteiger partial charge in [0.2, 0.25) is 5.91 Å². The van der Waals surface area contributed by atoms with Crippen LogP contribution in [0.5, 0.6) is 0 Å². The molecule has 5 heteroatoms. The van der Waals surface area contributed by atoms with Crippen LogP contribution in [0.25, 0.3) is 0 Å². The molecule has 0 aliphatic heterocycles. The molecule has 0 rings (SSSR count). The SMILES string of the molecule is COCCN(CCCN(C)C)C(=O)CCCCBr. The Hall–Kier alpha value is -0.130. The fraction of sp³-hybridized carbons (Fsp3) is 0.923. The number of carbonyl (C=O) groups is 1. The van der Waals surface area contributed by atoms with Gasteiger partial charge in [-0.15, -0.1) is 0 Å². The first-order chi connectivity index (χ1) is 8.61. The van der Waals surface area contributed by atoms with E-state index in [1.807, 2.05) is 4.90 Å². The van der Waals surface area contributed by atoms with Crippen molar-refractivity contribution in [3.05, 3.63) is 0 Å². The minimum absolute atomic E-state index is 0.256. The number of methoxy groups -OCH3 is 1. The van der Waals surface area contributed by atoms with Crippen LogP contribution in [0, 0.1) is 0 Å². The zero-order valence-corrected chi connectivity index (χ0v) is 13.5. The lowest BCUT2D eigenvalue weighted by Crippen LogP contribution is -2.35. The average Bonchev–Trinajstić information content (AvgIpc) is 2.33. The minimum atomic E-state index is 0.256. The Labute approximate surface area is 120 Å². The normalized spacial score (nSPS) is 10.9. The molecule has 0 atom stereocenters. The maximum absolute atomic E-state index is 12.0. The Morgan fingerprint density at radius 2 is 1.83 bits per heavy atom. The molecule has 0 heterocycles. The quantitative estimate of drug-likeness (QED) is 0.431. The molecule has 108 valence electrons. The molecule has 0 fully saturated rings. The van der Waals surface area contributed by atoms with E-state index in [1.54, 1.807) is 7.11 Å². The zero-order chi connectivity index (χ0) is 13.8. The van der Waals surface area contributed by atoms with E-state index in [2.05, 4.69) is 34.9 Å². The summed E-state index contributed by atoms with van der Waals surface area (Å²) >= 11 is 3.39. The topological polar surface area (TPSA) is 32.8 Å². The number of halogens is 1. The van der Waals surface area contributed by atoms with Gasteiger partial charge in [-0.3, -0.25) is 4.79 Å². The van der Waals surface area contributed by atoms with Crippen molar-refractivity contribution in [3.63, 3.8) is 0 Å². The molecule has 0 saturated carbocycles. The molecule has 0 N–H and O–H groups in total. The first-order valence-corrected chi connectivity index (χ1v) is 7.71. The van der Waals surface area contributed by atoms with E-state index in [-0.39, 0.29) is 5.91 Å². The molecule has 0 spiro atoms. The summed E-state index contributed by atoms with van der Waals surface area (Å²) < 4.78 is 5.06. The van der Waals surface area contributed by atoms with E-state index in [0.29, 0.717) is 19.6 Å². The third-order valence-electron chi connectivity index (χ3n) is 2.73. The van der Waals surface area contributed by atoms with Crippen LogP contribution in [0.3, 0.4) is 0 Å². The van der Waals surface area contributed by atoms with Crippen molar-refractivity contribution in [3.8, 4) is 0 Å². The van der Waals surface area contributed by atoms with Crippen molar-refractivity contribution in [2.75, 3.05) is 52.8 Å². The van der Waals surface area contributed by atoms with Gasteiger partial charge in [-0.2, -0.15) is 0 Å². The van der Waals surface area contributed by atoms with Crippen LogP contribution in [-0.4, -0.2) is 68.5 Å². The van der Waals surface area contributed by atoms with Crippen LogP contribution < -0.4 is 0 Å². The molecule has 0 saturated heterocycles. The second kappa shape index (κ2) is 11.9. The highest BCUT2D eigenvalue weighted by Gasteiger charge is 2.12. The lowest BCUT2D eigenvalue weighted by Gasteiger charge is -2.23. The molecule has 0 aromatic rings. The first-order valence-electron chi connectivity index (χ1n) is 6.59. The predicted octanol–water partition coefficient (Wildman–Crippen LogP) is 1.98. The van der Waals surface area contributed by atoms with Gasteiger partial charge >= 0.3 is 0 Å². The molecule has 18 heavy (non-hydrogen) atoms. The second-order valence-electron chi connectivity index (χ2n) is 4.68. The molecule has 4 nitrogen and oxygen atoms in total. The maximum Gasteiger partial charge on any atom is 0.222 e. The van der Waals surface area contributed by atoms with Gasteiger partial charge in [-0.05, 0) is 39.9 Å². The number of unbranched alkanes of at least 4 members (excludes halogenated alkanes) is 1. The van der Waals surface area contributed by atoms with E-state index < -0.39 is 0 Å². The van der Waals surface area contributed by atoms with E-state index in [9.17, 15) is 4.79 Å². The summed E-state index contributed by atoms with van der Waals surface area (Å²) in [7, 11) is 5.78. The first kappa shape index (κ1) is 17.9. The average molecular weight is 323 g/mol. The highest BCUT2D eigenvalue weighted by Crippen LogP contribution is 2.04. The van der Waals surface area contributed by atoms with Gasteiger partial charge in [0, 0.05) is 32.0 Å².